The SMILES string of the molecule is Clc1ccc(-c2c[n+]3cccnc3o2)c(Cl)c1. The molecule has 0 aliphatic rings. The van der Waals surface area contributed by atoms with E-state index in [0.717, 1.165) is 5.56 Å². The van der Waals surface area contributed by atoms with Gasteiger partial charge in [0.05, 0.1) is 5.02 Å². The van der Waals surface area contributed by atoms with Gasteiger partial charge in [0.1, 0.15) is 18.6 Å². The minimum absolute atomic E-state index is 0.522. The third kappa shape index (κ3) is 1.88. The molecule has 0 saturated heterocycles. The number of oxazole rings is 1. The molecule has 17 heavy (non-hydrogen) atoms. The number of hydrogen-bond acceptors (Lipinski definition) is 2. The van der Waals surface area contributed by atoms with Crippen LogP contribution in [0.15, 0.2) is 47.3 Å². The standard InChI is InChI=1S/C12H7Cl2N2O/c13-8-2-3-9(10(14)6-8)11-7-16-5-1-4-15-12(16)17-11/h1-7H/q+1. The summed E-state index contributed by atoms with van der Waals surface area (Å²) in [5.41, 5.74) is 0.793. The minimum Gasteiger partial charge on any atom is -0.384 e. The molecule has 0 amide bonds. The zero-order valence-electron chi connectivity index (χ0n) is 8.60. The number of benzene rings is 1. The van der Waals surface area contributed by atoms with Crippen molar-refractivity contribution in [3.05, 3.63) is 52.9 Å². The van der Waals surface area contributed by atoms with E-state index in [1.807, 2.05) is 24.5 Å². The first-order valence-corrected chi connectivity index (χ1v) is 5.71. The van der Waals surface area contributed by atoms with E-state index in [0.29, 0.717) is 21.6 Å². The van der Waals surface area contributed by atoms with Gasteiger partial charge >= 0.3 is 5.84 Å². The fraction of sp³-hybridized carbons (Fsp3) is 0. The highest BCUT2D eigenvalue weighted by molar-refractivity contribution is 6.36. The van der Waals surface area contributed by atoms with Crippen LogP contribution < -0.4 is 4.40 Å². The predicted molar refractivity (Wildman–Crippen MR) is 65.1 cm³/mol. The lowest BCUT2D eigenvalue weighted by Gasteiger charge is -1.98. The molecule has 0 bridgehead atoms. The molecule has 3 aromatic rings. The number of halogens is 2. The van der Waals surface area contributed by atoms with Crippen LogP contribution in [0, 0.1) is 0 Å². The van der Waals surface area contributed by atoms with Crippen LogP contribution in [0.2, 0.25) is 10.0 Å². The molecule has 0 saturated carbocycles. The second-order valence-electron chi connectivity index (χ2n) is 3.53. The first-order valence-electron chi connectivity index (χ1n) is 4.95. The van der Waals surface area contributed by atoms with Crippen LogP contribution in [-0.2, 0) is 0 Å². The quantitative estimate of drug-likeness (QED) is 0.632. The Kier molecular flexibility index (Phi) is 2.50. The van der Waals surface area contributed by atoms with E-state index in [2.05, 4.69) is 4.98 Å². The summed E-state index contributed by atoms with van der Waals surface area (Å²) < 4.78 is 7.39. The van der Waals surface area contributed by atoms with Crippen molar-refractivity contribution in [2.24, 2.45) is 0 Å². The summed E-state index contributed by atoms with van der Waals surface area (Å²) in [6.45, 7) is 0. The predicted octanol–water partition coefficient (Wildman–Crippen LogP) is 3.39. The lowest BCUT2D eigenvalue weighted by Crippen LogP contribution is -2.17. The van der Waals surface area contributed by atoms with Gasteiger partial charge in [0.15, 0.2) is 5.76 Å². The average molecular weight is 266 g/mol. The molecule has 2 heterocycles. The molecule has 0 fully saturated rings. The van der Waals surface area contributed by atoms with Gasteiger partial charge in [-0.15, -0.1) is 0 Å². The van der Waals surface area contributed by atoms with Gasteiger partial charge in [-0.1, -0.05) is 23.2 Å². The molecule has 5 heteroatoms. The second-order valence-corrected chi connectivity index (χ2v) is 4.37. The summed E-state index contributed by atoms with van der Waals surface area (Å²) in [6, 6.07) is 7.11. The smallest absolute Gasteiger partial charge is 0.384 e. The van der Waals surface area contributed by atoms with Crippen LogP contribution in [0.3, 0.4) is 0 Å². The lowest BCUT2D eigenvalue weighted by molar-refractivity contribution is -0.516. The van der Waals surface area contributed by atoms with Gasteiger partial charge in [0.2, 0.25) is 0 Å². The molecule has 0 radical (unpaired) electrons. The fourth-order valence-corrected chi connectivity index (χ4v) is 2.11. The summed E-state index contributed by atoms with van der Waals surface area (Å²) in [5, 5.41) is 1.15. The molecular formula is C12H7Cl2N2O+. The Morgan fingerprint density at radius 1 is 1.24 bits per heavy atom. The zero-order valence-corrected chi connectivity index (χ0v) is 10.1. The maximum absolute atomic E-state index is 6.12. The highest BCUT2D eigenvalue weighted by Crippen LogP contribution is 2.30. The summed E-state index contributed by atoms with van der Waals surface area (Å²) in [4.78, 5) is 4.10. The van der Waals surface area contributed by atoms with Crippen LogP contribution in [-0.4, -0.2) is 4.98 Å². The highest BCUT2D eigenvalue weighted by atomic mass is 35.5. The van der Waals surface area contributed by atoms with Crippen molar-refractivity contribution in [3.8, 4) is 11.3 Å². The van der Waals surface area contributed by atoms with Gasteiger partial charge in [0, 0.05) is 16.7 Å². The number of aromatic nitrogens is 2. The van der Waals surface area contributed by atoms with Crippen LogP contribution in [0.5, 0.6) is 0 Å². The van der Waals surface area contributed by atoms with E-state index in [4.69, 9.17) is 27.6 Å². The van der Waals surface area contributed by atoms with E-state index < -0.39 is 0 Å². The van der Waals surface area contributed by atoms with Gasteiger partial charge in [-0.3, -0.25) is 0 Å². The molecular weight excluding hydrogens is 259 g/mol. The Hall–Kier alpha value is -1.58. The first-order chi connectivity index (χ1) is 8.24. The van der Waals surface area contributed by atoms with E-state index in [9.17, 15) is 0 Å². The minimum atomic E-state index is 0.522. The number of hydrogen-bond donors (Lipinski definition) is 0. The maximum atomic E-state index is 6.12. The monoisotopic (exact) mass is 265 g/mol. The van der Waals surface area contributed by atoms with Crippen molar-refractivity contribution in [2.75, 3.05) is 0 Å². The van der Waals surface area contributed by atoms with Crippen LogP contribution in [0.1, 0.15) is 0 Å². The van der Waals surface area contributed by atoms with Crippen molar-refractivity contribution in [3.63, 3.8) is 0 Å². The second kappa shape index (κ2) is 4.02. The van der Waals surface area contributed by atoms with Crippen LogP contribution in [0.4, 0.5) is 0 Å². The third-order valence-corrected chi connectivity index (χ3v) is 2.94. The van der Waals surface area contributed by atoms with E-state index in [1.165, 1.54) is 0 Å². The molecule has 0 N–H and O–H groups in total. The molecule has 2 aromatic heterocycles. The van der Waals surface area contributed by atoms with Crippen LogP contribution >= 0.6 is 23.2 Å². The Bertz CT molecular complexity index is 661. The lowest BCUT2D eigenvalue weighted by atomic mass is 10.2. The largest absolute Gasteiger partial charge is 0.508 e. The van der Waals surface area contributed by atoms with Crippen LogP contribution in [0.25, 0.3) is 17.2 Å². The van der Waals surface area contributed by atoms with Gasteiger partial charge in [0.25, 0.3) is 0 Å². The Balaban J connectivity index is 2.20. The van der Waals surface area contributed by atoms with E-state index in [1.54, 1.807) is 22.7 Å². The third-order valence-electron chi connectivity index (χ3n) is 2.39. The summed E-state index contributed by atoms with van der Waals surface area (Å²) in [7, 11) is 0. The molecule has 84 valence electrons. The summed E-state index contributed by atoms with van der Waals surface area (Å²) in [5.74, 6) is 1.18. The van der Waals surface area contributed by atoms with Gasteiger partial charge in [-0.05, 0) is 23.2 Å². The number of rotatable bonds is 1. The topological polar surface area (TPSA) is 30.1 Å². The van der Waals surface area contributed by atoms with Crippen molar-refractivity contribution < 1.29 is 8.82 Å². The summed E-state index contributed by atoms with van der Waals surface area (Å²) in [6.07, 6.45) is 5.36. The number of fused-ring (bicyclic) bond motifs is 1. The number of nitrogens with zero attached hydrogens (tertiary/aromatic N) is 2. The van der Waals surface area contributed by atoms with Gasteiger partial charge in [-0.2, -0.15) is 4.40 Å². The fourth-order valence-electron chi connectivity index (χ4n) is 1.61. The Morgan fingerprint density at radius 3 is 2.88 bits per heavy atom. The maximum Gasteiger partial charge on any atom is 0.508 e. The normalized spacial score (nSPS) is 10.9. The summed E-state index contributed by atoms with van der Waals surface area (Å²) >= 11 is 12.0. The molecule has 0 unspecified atom stereocenters. The molecule has 3 rings (SSSR count). The molecule has 0 aliphatic heterocycles. The molecule has 3 nitrogen and oxygen atoms in total. The van der Waals surface area contributed by atoms with Crippen molar-refractivity contribution >= 4 is 29.0 Å². The highest BCUT2D eigenvalue weighted by Gasteiger charge is 2.15. The molecule has 0 spiro atoms. The van der Waals surface area contributed by atoms with Crippen molar-refractivity contribution in [1.82, 2.24) is 4.98 Å². The van der Waals surface area contributed by atoms with Gasteiger partial charge < -0.3 is 4.42 Å². The van der Waals surface area contributed by atoms with Crippen molar-refractivity contribution in [1.29, 1.82) is 0 Å². The Morgan fingerprint density at radius 2 is 2.12 bits per heavy atom. The molecule has 1 aromatic carbocycles. The first kappa shape index (κ1) is 10.6. The molecule has 0 atom stereocenters. The van der Waals surface area contributed by atoms with E-state index >= 15 is 0 Å². The van der Waals surface area contributed by atoms with Crippen molar-refractivity contribution in [2.45, 2.75) is 0 Å². The average Bonchev–Trinajstić information content (AvgIpc) is 2.72. The zero-order chi connectivity index (χ0) is 11.8. The molecule has 0 aliphatic carbocycles. The van der Waals surface area contributed by atoms with E-state index in [-0.39, 0.29) is 0 Å². The Labute approximate surface area is 107 Å². The van der Waals surface area contributed by atoms with Gasteiger partial charge in [-0.25, -0.2) is 0 Å².